The Kier molecular flexibility index (Phi) is 4.60. The van der Waals surface area contributed by atoms with Crippen molar-refractivity contribution in [2.45, 2.75) is 36.1 Å². The zero-order valence-electron chi connectivity index (χ0n) is 13.8. The highest BCUT2D eigenvalue weighted by Crippen LogP contribution is 2.42. The van der Waals surface area contributed by atoms with Gasteiger partial charge in [0.25, 0.3) is 0 Å². The molecule has 2 aromatic rings. The van der Waals surface area contributed by atoms with E-state index in [1.54, 1.807) is 12.1 Å². The maximum Gasteiger partial charge on any atom is 0.235 e. The number of nitrogens with one attached hydrogen (secondary N) is 1. The number of carbonyl (C=O) groups excluding carboxylic acids is 1. The number of carbonyl (C=O) groups is 1. The number of nitrogens with zero attached hydrogens (tertiary/aromatic N) is 1. The lowest BCUT2D eigenvalue weighted by atomic mass is 9.78. The van der Waals surface area contributed by atoms with Gasteiger partial charge in [0.15, 0.2) is 14.9 Å². The number of hydrogen-bond acceptors (Lipinski definition) is 4. The molecule has 25 heavy (non-hydrogen) atoms. The third kappa shape index (κ3) is 3.56. The van der Waals surface area contributed by atoms with E-state index in [4.69, 9.17) is 0 Å². The molecule has 7 heteroatoms. The molecule has 1 aromatic carbocycles. The first-order valence-corrected chi connectivity index (χ1v) is 9.94. The quantitative estimate of drug-likeness (QED) is 0.907. The summed E-state index contributed by atoms with van der Waals surface area (Å²) in [6, 6.07) is 8.94. The molecule has 1 N–H and O–H groups in total. The van der Waals surface area contributed by atoms with Gasteiger partial charge in [0.05, 0.1) is 17.3 Å². The highest BCUT2D eigenvalue weighted by Gasteiger charge is 2.42. The van der Waals surface area contributed by atoms with Crippen LogP contribution >= 0.6 is 0 Å². The summed E-state index contributed by atoms with van der Waals surface area (Å²) in [5.41, 5.74) is 0.541. The topological polar surface area (TPSA) is 76.1 Å². The van der Waals surface area contributed by atoms with Crippen molar-refractivity contribution in [1.29, 1.82) is 0 Å². The van der Waals surface area contributed by atoms with Crippen LogP contribution in [0.15, 0.2) is 47.6 Å². The lowest BCUT2D eigenvalue weighted by Crippen LogP contribution is -2.38. The number of hydrogen-bond donors (Lipinski definition) is 1. The van der Waals surface area contributed by atoms with Crippen LogP contribution in [0.25, 0.3) is 0 Å². The highest BCUT2D eigenvalue weighted by molar-refractivity contribution is 7.90. The van der Waals surface area contributed by atoms with Crippen molar-refractivity contribution in [3.05, 3.63) is 54.0 Å². The van der Waals surface area contributed by atoms with E-state index < -0.39 is 15.3 Å². The summed E-state index contributed by atoms with van der Waals surface area (Å²) in [6.07, 6.45) is 5.65. The first-order chi connectivity index (χ1) is 11.8. The molecule has 0 atom stereocenters. The third-order valence-electron chi connectivity index (χ3n) is 4.66. The highest BCUT2D eigenvalue weighted by atomic mass is 32.2. The summed E-state index contributed by atoms with van der Waals surface area (Å²) in [4.78, 5) is 16.8. The molecule has 1 aromatic heterocycles. The Bertz CT molecular complexity index is 872. The van der Waals surface area contributed by atoms with Gasteiger partial charge in [-0.3, -0.25) is 4.79 Å². The Morgan fingerprint density at radius 2 is 1.76 bits per heavy atom. The zero-order valence-corrected chi connectivity index (χ0v) is 14.6. The molecule has 1 heterocycles. The van der Waals surface area contributed by atoms with E-state index in [0.717, 1.165) is 24.7 Å². The molecule has 0 spiro atoms. The molecule has 132 valence electrons. The van der Waals surface area contributed by atoms with Crippen molar-refractivity contribution in [2.75, 3.05) is 11.6 Å². The number of aromatic nitrogens is 1. The Morgan fingerprint density at radius 3 is 2.28 bits per heavy atom. The monoisotopic (exact) mass is 362 g/mol. The maximum absolute atomic E-state index is 13.2. The fraction of sp³-hybridized carbons (Fsp3) is 0.333. The normalized spacial score (nSPS) is 16.6. The van der Waals surface area contributed by atoms with Gasteiger partial charge in [0.2, 0.25) is 5.91 Å². The molecular formula is C18H19FN2O3S. The molecule has 1 aliphatic rings. The number of anilines is 1. The number of amides is 1. The molecule has 1 fully saturated rings. The smallest absolute Gasteiger partial charge is 0.235 e. The number of rotatable bonds is 4. The minimum atomic E-state index is -3.38. The lowest BCUT2D eigenvalue weighted by molar-refractivity contribution is -0.121. The predicted molar refractivity (Wildman–Crippen MR) is 92.5 cm³/mol. The summed E-state index contributed by atoms with van der Waals surface area (Å²) in [6.45, 7) is 0. The maximum atomic E-state index is 13.2. The van der Waals surface area contributed by atoms with Crippen molar-refractivity contribution in [1.82, 2.24) is 4.98 Å². The molecule has 1 saturated carbocycles. The Labute approximate surface area is 146 Å². The van der Waals surface area contributed by atoms with E-state index in [1.165, 1.54) is 30.5 Å². The van der Waals surface area contributed by atoms with Crippen LogP contribution in [0, 0.1) is 5.82 Å². The van der Waals surface area contributed by atoms with Crippen LogP contribution in [0.2, 0.25) is 0 Å². The van der Waals surface area contributed by atoms with E-state index in [1.807, 2.05) is 0 Å². The number of sulfone groups is 1. The number of pyridine rings is 1. The minimum Gasteiger partial charge on any atom is -0.324 e. The van der Waals surface area contributed by atoms with E-state index in [2.05, 4.69) is 10.3 Å². The zero-order chi connectivity index (χ0) is 18.1. The van der Waals surface area contributed by atoms with Crippen LogP contribution < -0.4 is 5.32 Å². The third-order valence-corrected chi connectivity index (χ3v) is 5.66. The van der Waals surface area contributed by atoms with Crippen LogP contribution in [0.1, 0.15) is 31.2 Å². The first kappa shape index (κ1) is 17.5. The van der Waals surface area contributed by atoms with Gasteiger partial charge in [-0.25, -0.2) is 17.8 Å². The fourth-order valence-corrected chi connectivity index (χ4v) is 3.88. The average molecular weight is 362 g/mol. The van der Waals surface area contributed by atoms with Crippen LogP contribution in [0.5, 0.6) is 0 Å². The molecule has 0 bridgehead atoms. The SMILES string of the molecule is CS(=O)(=O)c1ccc(NC(=O)C2(c3ccc(F)cc3)CCCC2)cn1. The summed E-state index contributed by atoms with van der Waals surface area (Å²) < 4.78 is 36.1. The molecule has 1 amide bonds. The van der Waals surface area contributed by atoms with Crippen LogP contribution in [0.3, 0.4) is 0 Å². The predicted octanol–water partition coefficient (Wildman–Crippen LogP) is 3.07. The van der Waals surface area contributed by atoms with Crippen molar-refractivity contribution in [3.63, 3.8) is 0 Å². The second-order valence-corrected chi connectivity index (χ2v) is 8.37. The van der Waals surface area contributed by atoms with Gasteiger partial charge in [-0.2, -0.15) is 0 Å². The summed E-state index contributed by atoms with van der Waals surface area (Å²) in [5.74, 6) is -0.511. The minimum absolute atomic E-state index is 0.0420. The Morgan fingerprint density at radius 1 is 1.12 bits per heavy atom. The van der Waals surface area contributed by atoms with Crippen molar-refractivity contribution in [2.24, 2.45) is 0 Å². The summed E-state index contributed by atoms with van der Waals surface area (Å²) in [5, 5.41) is 2.78. The average Bonchev–Trinajstić information content (AvgIpc) is 3.06. The fourth-order valence-electron chi connectivity index (χ4n) is 3.32. The molecule has 5 nitrogen and oxygen atoms in total. The Hall–Kier alpha value is -2.28. The van der Waals surface area contributed by atoms with Gasteiger partial charge < -0.3 is 5.32 Å². The van der Waals surface area contributed by atoms with Gasteiger partial charge in [-0.15, -0.1) is 0 Å². The first-order valence-electron chi connectivity index (χ1n) is 8.05. The van der Waals surface area contributed by atoms with E-state index >= 15 is 0 Å². The van der Waals surface area contributed by atoms with Crippen molar-refractivity contribution >= 4 is 21.4 Å². The lowest BCUT2D eigenvalue weighted by Gasteiger charge is -2.28. The largest absolute Gasteiger partial charge is 0.324 e. The second kappa shape index (κ2) is 6.55. The molecule has 0 aliphatic heterocycles. The van der Waals surface area contributed by atoms with Crippen molar-refractivity contribution < 1.29 is 17.6 Å². The Balaban J connectivity index is 1.86. The van der Waals surface area contributed by atoms with Crippen LogP contribution in [-0.4, -0.2) is 25.6 Å². The van der Waals surface area contributed by atoms with Gasteiger partial charge in [0.1, 0.15) is 5.82 Å². The van der Waals surface area contributed by atoms with Gasteiger partial charge >= 0.3 is 0 Å². The summed E-state index contributed by atoms with van der Waals surface area (Å²) >= 11 is 0. The van der Waals surface area contributed by atoms with Crippen LogP contribution in [-0.2, 0) is 20.0 Å². The van der Waals surface area contributed by atoms with E-state index in [-0.39, 0.29) is 16.8 Å². The molecule has 0 unspecified atom stereocenters. The van der Waals surface area contributed by atoms with E-state index in [0.29, 0.717) is 18.5 Å². The van der Waals surface area contributed by atoms with E-state index in [9.17, 15) is 17.6 Å². The van der Waals surface area contributed by atoms with Crippen molar-refractivity contribution in [3.8, 4) is 0 Å². The van der Waals surface area contributed by atoms with Gasteiger partial charge in [0, 0.05) is 6.26 Å². The molecule has 0 saturated heterocycles. The number of halogens is 1. The number of benzene rings is 1. The second-order valence-electron chi connectivity index (χ2n) is 6.41. The molecule has 1 aliphatic carbocycles. The molecular weight excluding hydrogens is 343 g/mol. The standard InChI is InChI=1S/C18H19FN2O3S/c1-25(23,24)16-9-8-15(12-20-16)21-17(22)18(10-2-3-11-18)13-4-6-14(19)7-5-13/h4-9,12H,2-3,10-11H2,1H3,(H,21,22). The van der Waals surface area contributed by atoms with Gasteiger partial charge in [-0.05, 0) is 42.7 Å². The summed E-state index contributed by atoms with van der Waals surface area (Å²) in [7, 11) is -3.38. The molecule has 0 radical (unpaired) electrons. The van der Waals surface area contributed by atoms with Crippen LogP contribution in [0.4, 0.5) is 10.1 Å². The molecule has 3 rings (SSSR count). The van der Waals surface area contributed by atoms with Gasteiger partial charge in [-0.1, -0.05) is 25.0 Å².